The van der Waals surface area contributed by atoms with Crippen molar-refractivity contribution < 1.29 is 4.79 Å². The predicted molar refractivity (Wildman–Crippen MR) is 74.6 cm³/mol. The minimum atomic E-state index is 0.0000491. The maximum Gasteiger partial charge on any atom is 0.170 e. The van der Waals surface area contributed by atoms with Crippen LogP contribution in [0, 0.1) is 6.92 Å². The number of carbonyl (C=O) groups is 1. The van der Waals surface area contributed by atoms with Crippen LogP contribution in [0.5, 0.6) is 0 Å². The first-order valence-corrected chi connectivity index (χ1v) is 6.56. The van der Waals surface area contributed by atoms with Crippen LogP contribution in [0.25, 0.3) is 0 Å². The molecule has 0 aliphatic heterocycles. The molecule has 4 nitrogen and oxygen atoms in total. The highest BCUT2D eigenvalue weighted by Crippen LogP contribution is 2.22. The van der Waals surface area contributed by atoms with Crippen LogP contribution in [0.4, 0.5) is 0 Å². The molecule has 0 radical (unpaired) electrons. The van der Waals surface area contributed by atoms with E-state index in [1.54, 1.807) is 24.0 Å². The third-order valence-electron chi connectivity index (χ3n) is 3.06. The van der Waals surface area contributed by atoms with Crippen LogP contribution < -0.4 is 0 Å². The Balaban J connectivity index is 2.24. The number of halogens is 1. The lowest BCUT2D eigenvalue weighted by Gasteiger charge is -2.03. The summed E-state index contributed by atoms with van der Waals surface area (Å²) >= 11 is 6.24. The lowest BCUT2D eigenvalue weighted by molar-refractivity contribution is 0.0990. The fourth-order valence-electron chi connectivity index (χ4n) is 1.90. The normalized spacial score (nSPS) is 10.7. The van der Waals surface area contributed by atoms with E-state index >= 15 is 0 Å². The summed E-state index contributed by atoms with van der Waals surface area (Å²) < 4.78 is 1.68. The molecule has 5 heteroatoms. The van der Waals surface area contributed by atoms with E-state index in [2.05, 4.69) is 10.1 Å². The van der Waals surface area contributed by atoms with Crippen molar-refractivity contribution in [1.82, 2.24) is 14.8 Å². The van der Waals surface area contributed by atoms with Gasteiger partial charge in [-0.05, 0) is 25.5 Å². The summed E-state index contributed by atoms with van der Waals surface area (Å²) in [6, 6.07) is 3.62. The third kappa shape index (κ3) is 2.84. The first-order chi connectivity index (χ1) is 9.02. The highest BCUT2D eigenvalue weighted by molar-refractivity contribution is 6.32. The molecule has 100 valence electrons. The van der Waals surface area contributed by atoms with Gasteiger partial charge >= 0.3 is 0 Å². The summed E-state index contributed by atoms with van der Waals surface area (Å²) in [7, 11) is 1.81. The van der Waals surface area contributed by atoms with Gasteiger partial charge in [0.15, 0.2) is 5.78 Å². The molecule has 0 aliphatic rings. The quantitative estimate of drug-likeness (QED) is 0.808. The van der Waals surface area contributed by atoms with Crippen LogP contribution in [0.1, 0.15) is 34.4 Å². The largest absolute Gasteiger partial charge is 0.294 e. The molecule has 0 saturated carbocycles. The fraction of sp³-hybridized carbons (Fsp3) is 0.357. The summed E-state index contributed by atoms with van der Waals surface area (Å²) in [5, 5.41) is 4.90. The van der Waals surface area contributed by atoms with Crippen molar-refractivity contribution in [3.8, 4) is 0 Å². The molecule has 0 spiro atoms. The van der Waals surface area contributed by atoms with Crippen molar-refractivity contribution in [2.24, 2.45) is 7.05 Å². The van der Waals surface area contributed by atoms with Gasteiger partial charge in [0.1, 0.15) is 0 Å². The molecule has 0 N–H and O–H groups in total. The first-order valence-electron chi connectivity index (χ1n) is 6.19. The maximum atomic E-state index is 12.2. The molecule has 0 atom stereocenters. The molecule has 0 fully saturated rings. The average molecular weight is 278 g/mol. The Labute approximate surface area is 117 Å². The molecule has 0 saturated heterocycles. The number of aryl methyl sites for hydroxylation is 3. The molecule has 0 bridgehead atoms. The Kier molecular flexibility index (Phi) is 4.00. The highest BCUT2D eigenvalue weighted by atomic mass is 35.5. The third-order valence-corrected chi connectivity index (χ3v) is 3.50. The van der Waals surface area contributed by atoms with Gasteiger partial charge in [-0.2, -0.15) is 5.10 Å². The predicted octanol–water partition coefficient (Wildman–Crippen LogP) is 2.76. The number of hydrogen-bond acceptors (Lipinski definition) is 3. The van der Waals surface area contributed by atoms with Gasteiger partial charge in [-0.3, -0.25) is 14.5 Å². The Hall–Kier alpha value is -1.68. The first kappa shape index (κ1) is 13.7. The molecule has 2 heterocycles. The number of nitrogens with zero attached hydrogens (tertiary/aromatic N) is 3. The number of carbonyl (C=O) groups excluding carboxylic acids is 1. The molecular weight excluding hydrogens is 262 g/mol. The Morgan fingerprint density at radius 1 is 1.42 bits per heavy atom. The van der Waals surface area contributed by atoms with E-state index in [0.29, 0.717) is 10.6 Å². The number of hydrogen-bond donors (Lipinski definition) is 0. The number of ketones is 1. The number of pyridine rings is 1. The van der Waals surface area contributed by atoms with E-state index < -0.39 is 0 Å². The second-order valence-corrected chi connectivity index (χ2v) is 4.85. The van der Waals surface area contributed by atoms with Crippen molar-refractivity contribution >= 4 is 17.4 Å². The molecule has 0 unspecified atom stereocenters. The van der Waals surface area contributed by atoms with Crippen LogP contribution in [-0.2, 0) is 19.9 Å². The van der Waals surface area contributed by atoms with Crippen molar-refractivity contribution in [3.63, 3.8) is 0 Å². The van der Waals surface area contributed by atoms with Gasteiger partial charge < -0.3 is 0 Å². The zero-order valence-electron chi connectivity index (χ0n) is 11.3. The van der Waals surface area contributed by atoms with Gasteiger partial charge in [0, 0.05) is 24.5 Å². The lowest BCUT2D eigenvalue weighted by Crippen LogP contribution is -2.08. The molecule has 19 heavy (non-hydrogen) atoms. The van der Waals surface area contributed by atoms with Crippen molar-refractivity contribution in [3.05, 3.63) is 46.0 Å². The van der Waals surface area contributed by atoms with Crippen molar-refractivity contribution in [2.75, 3.05) is 0 Å². The minimum absolute atomic E-state index is 0.0000491. The molecule has 0 aromatic carbocycles. The van der Waals surface area contributed by atoms with Gasteiger partial charge in [-0.15, -0.1) is 0 Å². The topological polar surface area (TPSA) is 47.8 Å². The fourth-order valence-corrected chi connectivity index (χ4v) is 2.26. The zero-order chi connectivity index (χ0) is 14.0. The van der Waals surface area contributed by atoms with Crippen LogP contribution >= 0.6 is 11.6 Å². The Morgan fingerprint density at radius 2 is 2.16 bits per heavy atom. The summed E-state index contributed by atoms with van der Waals surface area (Å²) in [6.07, 6.45) is 2.60. The van der Waals surface area contributed by atoms with E-state index in [1.165, 1.54) is 0 Å². The summed E-state index contributed by atoms with van der Waals surface area (Å²) in [6.45, 7) is 3.88. The van der Waals surface area contributed by atoms with E-state index in [1.807, 2.05) is 19.9 Å². The Bertz CT molecular complexity index is 602. The average Bonchev–Trinajstić information content (AvgIpc) is 2.67. The second-order valence-electron chi connectivity index (χ2n) is 4.47. The SMILES string of the molecule is CCc1nn(C)c(CC(=O)c2ccc(C)nc2)c1Cl. The van der Waals surface area contributed by atoms with Gasteiger partial charge in [0.25, 0.3) is 0 Å². The Morgan fingerprint density at radius 3 is 2.68 bits per heavy atom. The van der Waals surface area contributed by atoms with Crippen LogP contribution in [0.3, 0.4) is 0 Å². The zero-order valence-corrected chi connectivity index (χ0v) is 12.0. The number of aromatic nitrogens is 3. The van der Waals surface area contributed by atoms with Gasteiger partial charge in [0.2, 0.25) is 0 Å². The molecule has 2 rings (SSSR count). The van der Waals surface area contributed by atoms with E-state index in [-0.39, 0.29) is 12.2 Å². The molecule has 2 aromatic heterocycles. The van der Waals surface area contributed by atoms with Gasteiger partial charge in [-0.25, -0.2) is 0 Å². The smallest absolute Gasteiger partial charge is 0.170 e. The standard InChI is InChI=1S/C14H16ClN3O/c1-4-11-14(15)12(18(3)17-11)7-13(19)10-6-5-9(2)16-8-10/h5-6,8H,4,7H2,1-3H3. The van der Waals surface area contributed by atoms with E-state index in [4.69, 9.17) is 11.6 Å². The summed E-state index contributed by atoms with van der Waals surface area (Å²) in [4.78, 5) is 16.3. The molecule has 0 amide bonds. The van der Waals surface area contributed by atoms with E-state index in [0.717, 1.165) is 23.5 Å². The van der Waals surface area contributed by atoms with Crippen LogP contribution in [-0.4, -0.2) is 20.5 Å². The van der Waals surface area contributed by atoms with Crippen molar-refractivity contribution in [2.45, 2.75) is 26.7 Å². The lowest BCUT2D eigenvalue weighted by atomic mass is 10.1. The van der Waals surface area contributed by atoms with E-state index in [9.17, 15) is 4.79 Å². The maximum absolute atomic E-state index is 12.2. The second kappa shape index (κ2) is 5.53. The highest BCUT2D eigenvalue weighted by Gasteiger charge is 2.17. The number of Topliss-reactive ketones (excluding diaryl/α,β-unsaturated/α-hetero) is 1. The molecule has 0 aliphatic carbocycles. The van der Waals surface area contributed by atoms with Gasteiger partial charge in [0.05, 0.1) is 22.8 Å². The number of rotatable bonds is 4. The van der Waals surface area contributed by atoms with Crippen molar-refractivity contribution in [1.29, 1.82) is 0 Å². The summed E-state index contributed by atoms with van der Waals surface area (Å²) in [5.41, 5.74) is 3.07. The molecular formula is C14H16ClN3O. The monoisotopic (exact) mass is 277 g/mol. The minimum Gasteiger partial charge on any atom is -0.294 e. The summed E-state index contributed by atoms with van der Waals surface area (Å²) in [5.74, 6) is 0.0000491. The molecule has 2 aromatic rings. The van der Waals surface area contributed by atoms with Crippen LogP contribution in [0.2, 0.25) is 5.02 Å². The van der Waals surface area contributed by atoms with Gasteiger partial charge in [-0.1, -0.05) is 18.5 Å². The van der Waals surface area contributed by atoms with Crippen LogP contribution in [0.15, 0.2) is 18.3 Å².